The third-order valence-corrected chi connectivity index (χ3v) is 7.49. The molecule has 28 heavy (non-hydrogen) atoms. The molecule has 2 heteroatoms. The Morgan fingerprint density at radius 2 is 1.29 bits per heavy atom. The second kappa shape index (κ2) is 8.51. The molecule has 2 aromatic carbocycles. The van der Waals surface area contributed by atoms with E-state index in [1.54, 1.807) is 0 Å². The van der Waals surface area contributed by atoms with Crippen LogP contribution in [0.5, 0.6) is 0 Å². The van der Waals surface area contributed by atoms with E-state index in [1.807, 2.05) is 18.2 Å². The van der Waals surface area contributed by atoms with Crippen molar-refractivity contribution in [3.63, 3.8) is 0 Å². The van der Waals surface area contributed by atoms with E-state index in [-0.39, 0.29) is 11.3 Å². The fraction of sp³-hybridized carbons (Fsp3) is 0.500. The van der Waals surface area contributed by atoms with Crippen LogP contribution in [0.2, 0.25) is 0 Å². The Kier molecular flexibility index (Phi) is 5.85. The van der Waals surface area contributed by atoms with Gasteiger partial charge in [-0.15, -0.1) is 0 Å². The van der Waals surface area contributed by atoms with Crippen molar-refractivity contribution >= 4 is 5.97 Å². The molecule has 2 aromatic rings. The van der Waals surface area contributed by atoms with Gasteiger partial charge in [-0.05, 0) is 55.1 Å². The number of carboxylic acids is 1. The van der Waals surface area contributed by atoms with Crippen molar-refractivity contribution in [2.75, 3.05) is 0 Å². The van der Waals surface area contributed by atoms with E-state index < -0.39 is 5.97 Å². The van der Waals surface area contributed by atoms with E-state index in [0.717, 1.165) is 5.56 Å². The van der Waals surface area contributed by atoms with Gasteiger partial charge in [-0.25, -0.2) is 0 Å². The fourth-order valence-electron chi connectivity index (χ4n) is 6.42. The van der Waals surface area contributed by atoms with Crippen molar-refractivity contribution in [1.82, 2.24) is 0 Å². The molecule has 0 aromatic heterocycles. The smallest absolute Gasteiger partial charge is 0.307 e. The highest BCUT2D eigenvalue weighted by Crippen LogP contribution is 2.56. The Bertz CT molecular complexity index is 740. The van der Waals surface area contributed by atoms with Crippen molar-refractivity contribution < 1.29 is 9.90 Å². The van der Waals surface area contributed by atoms with Crippen LogP contribution in [0.3, 0.4) is 0 Å². The van der Waals surface area contributed by atoms with Gasteiger partial charge in [0.15, 0.2) is 0 Å². The normalized spacial score (nSPS) is 19.7. The van der Waals surface area contributed by atoms with Crippen LogP contribution in [0.4, 0.5) is 0 Å². The summed E-state index contributed by atoms with van der Waals surface area (Å²) in [5.41, 5.74) is 2.17. The van der Waals surface area contributed by atoms with E-state index >= 15 is 0 Å². The number of carbonyl (C=O) groups is 1. The molecule has 1 N–H and O–H groups in total. The average Bonchev–Trinajstić information content (AvgIpc) is 3.44. The molecule has 1 atom stereocenters. The Morgan fingerprint density at radius 1 is 0.821 bits per heavy atom. The molecule has 2 nitrogen and oxygen atoms in total. The topological polar surface area (TPSA) is 37.3 Å². The minimum absolute atomic E-state index is 0.254. The zero-order valence-electron chi connectivity index (χ0n) is 16.7. The monoisotopic (exact) mass is 376 g/mol. The van der Waals surface area contributed by atoms with Gasteiger partial charge in [0, 0.05) is 5.41 Å². The van der Waals surface area contributed by atoms with Gasteiger partial charge in [-0.3, -0.25) is 4.79 Å². The summed E-state index contributed by atoms with van der Waals surface area (Å²) >= 11 is 0. The van der Waals surface area contributed by atoms with Crippen molar-refractivity contribution in [2.45, 2.75) is 63.2 Å². The first kappa shape index (κ1) is 19.2. The van der Waals surface area contributed by atoms with Gasteiger partial charge < -0.3 is 5.11 Å². The Hall–Kier alpha value is -2.09. The van der Waals surface area contributed by atoms with E-state index in [1.165, 1.54) is 56.9 Å². The zero-order valence-corrected chi connectivity index (χ0v) is 16.7. The number of aliphatic carboxylic acids is 1. The summed E-state index contributed by atoms with van der Waals surface area (Å²) in [6.45, 7) is 0. The molecular weight excluding hydrogens is 344 g/mol. The lowest BCUT2D eigenvalue weighted by Crippen LogP contribution is -2.51. The summed E-state index contributed by atoms with van der Waals surface area (Å²) in [7, 11) is 0. The molecule has 1 unspecified atom stereocenters. The molecule has 2 aliphatic rings. The van der Waals surface area contributed by atoms with Crippen LogP contribution >= 0.6 is 0 Å². The molecule has 0 spiro atoms. The summed E-state index contributed by atoms with van der Waals surface area (Å²) < 4.78 is 0. The molecule has 0 aliphatic heterocycles. The highest BCUT2D eigenvalue weighted by atomic mass is 16.4. The highest BCUT2D eigenvalue weighted by Gasteiger charge is 2.55. The summed E-state index contributed by atoms with van der Waals surface area (Å²) in [6, 6.07) is 21.0. The zero-order chi connectivity index (χ0) is 19.4. The summed E-state index contributed by atoms with van der Waals surface area (Å²) in [4.78, 5) is 12.8. The summed E-state index contributed by atoms with van der Waals surface area (Å²) in [5.74, 6) is -0.0411. The second-order valence-corrected chi connectivity index (χ2v) is 8.84. The first-order chi connectivity index (χ1) is 13.7. The van der Waals surface area contributed by atoms with Crippen molar-refractivity contribution in [3.8, 4) is 0 Å². The van der Waals surface area contributed by atoms with Crippen LogP contribution in [0.25, 0.3) is 0 Å². The fourth-order valence-corrected chi connectivity index (χ4v) is 6.42. The van der Waals surface area contributed by atoms with Gasteiger partial charge in [0.1, 0.15) is 0 Å². The van der Waals surface area contributed by atoms with Crippen LogP contribution in [0, 0.1) is 17.8 Å². The van der Waals surface area contributed by atoms with Crippen molar-refractivity contribution in [1.29, 1.82) is 0 Å². The van der Waals surface area contributed by atoms with E-state index in [9.17, 15) is 9.90 Å². The van der Waals surface area contributed by atoms with Gasteiger partial charge >= 0.3 is 5.97 Å². The number of hydrogen-bond donors (Lipinski definition) is 1. The van der Waals surface area contributed by atoms with Crippen molar-refractivity contribution in [2.24, 2.45) is 17.8 Å². The molecule has 0 bridgehead atoms. The maximum Gasteiger partial charge on any atom is 0.307 e. The number of hydrogen-bond acceptors (Lipinski definition) is 1. The number of benzene rings is 2. The molecule has 4 rings (SSSR count). The lowest BCUT2D eigenvalue weighted by Gasteiger charge is -2.49. The lowest BCUT2D eigenvalue weighted by molar-refractivity contribution is -0.147. The largest absolute Gasteiger partial charge is 0.481 e. The van der Waals surface area contributed by atoms with Gasteiger partial charge in [0.2, 0.25) is 0 Å². The molecule has 2 saturated carbocycles. The van der Waals surface area contributed by atoms with Crippen LogP contribution < -0.4 is 0 Å². The number of carboxylic acid groups (broad SMARTS) is 1. The van der Waals surface area contributed by atoms with Gasteiger partial charge in [0.05, 0.1) is 5.92 Å². The van der Waals surface area contributed by atoms with Gasteiger partial charge in [-0.1, -0.05) is 86.3 Å². The lowest BCUT2D eigenvalue weighted by atomic mass is 9.53. The van der Waals surface area contributed by atoms with Crippen LogP contribution in [0.1, 0.15) is 62.5 Å². The Balaban J connectivity index is 1.87. The van der Waals surface area contributed by atoms with Crippen LogP contribution in [-0.4, -0.2) is 11.1 Å². The van der Waals surface area contributed by atoms with Crippen LogP contribution in [-0.2, 0) is 16.6 Å². The minimum atomic E-state index is -0.619. The minimum Gasteiger partial charge on any atom is -0.481 e. The second-order valence-electron chi connectivity index (χ2n) is 8.84. The summed E-state index contributed by atoms with van der Waals surface area (Å²) in [6.07, 6.45) is 10.3. The SMILES string of the molecule is O=C(O)C(Cc1ccccc1)C(c1ccccc1)(C1CCCC1)C1CCCC1. The average molecular weight is 377 g/mol. The van der Waals surface area contributed by atoms with E-state index in [4.69, 9.17) is 0 Å². The number of rotatable bonds is 7. The third kappa shape index (κ3) is 3.50. The molecule has 0 amide bonds. The Morgan fingerprint density at radius 3 is 1.75 bits per heavy atom. The van der Waals surface area contributed by atoms with E-state index in [2.05, 4.69) is 42.5 Å². The quantitative estimate of drug-likeness (QED) is 0.620. The van der Waals surface area contributed by atoms with Gasteiger partial charge in [0.25, 0.3) is 0 Å². The third-order valence-electron chi connectivity index (χ3n) is 7.49. The van der Waals surface area contributed by atoms with Gasteiger partial charge in [-0.2, -0.15) is 0 Å². The van der Waals surface area contributed by atoms with Crippen molar-refractivity contribution in [3.05, 3.63) is 71.8 Å². The van der Waals surface area contributed by atoms with E-state index in [0.29, 0.717) is 18.3 Å². The predicted octanol–water partition coefficient (Wildman–Crippen LogP) is 6.25. The Labute approximate surface area is 169 Å². The molecular formula is C26H32O2. The standard InChI is InChI=1S/C26H32O2/c27-25(28)24(19-20-11-3-1-4-12-20)26(22-15-7-8-16-22,23-17-9-10-18-23)21-13-5-2-6-14-21/h1-6,11-14,22-24H,7-10,15-19H2,(H,27,28). The molecule has 2 fully saturated rings. The first-order valence-electron chi connectivity index (χ1n) is 11.0. The molecule has 0 heterocycles. The van der Waals surface area contributed by atoms with Crippen LogP contribution in [0.15, 0.2) is 60.7 Å². The molecule has 2 aliphatic carbocycles. The molecule has 148 valence electrons. The summed E-state index contributed by atoms with van der Waals surface area (Å²) in [5, 5.41) is 10.6. The highest BCUT2D eigenvalue weighted by molar-refractivity contribution is 5.73. The first-order valence-corrected chi connectivity index (χ1v) is 11.0. The molecule has 0 radical (unpaired) electrons. The molecule has 0 saturated heterocycles. The maximum atomic E-state index is 12.8. The predicted molar refractivity (Wildman–Crippen MR) is 113 cm³/mol. The maximum absolute atomic E-state index is 12.8.